The smallest absolute Gasteiger partial charge is 0.165 e. The van der Waals surface area contributed by atoms with E-state index in [0.29, 0.717) is 11.8 Å². The Labute approximate surface area is 152 Å². The molecule has 2 aromatic carbocycles. The summed E-state index contributed by atoms with van der Waals surface area (Å²) < 4.78 is 19.3. The van der Waals surface area contributed by atoms with Crippen LogP contribution in [0.4, 0.5) is 4.39 Å². The molecule has 6 heteroatoms. The van der Waals surface area contributed by atoms with Crippen LogP contribution in [0.5, 0.6) is 11.5 Å². The summed E-state index contributed by atoms with van der Waals surface area (Å²) in [5, 5.41) is 13.8. The lowest BCUT2D eigenvalue weighted by Crippen LogP contribution is -2.37. The van der Waals surface area contributed by atoms with E-state index in [1.165, 1.54) is 6.07 Å². The number of rotatable bonds is 8. The first-order valence-electron chi connectivity index (χ1n) is 8.58. The third-order valence-corrected chi connectivity index (χ3v) is 4.26. The molecule has 3 rings (SSSR count). The second kappa shape index (κ2) is 8.60. The summed E-state index contributed by atoms with van der Waals surface area (Å²) in [7, 11) is 3.89. The van der Waals surface area contributed by atoms with Crippen molar-refractivity contribution in [2.75, 3.05) is 20.6 Å². The molecule has 0 saturated heterocycles. The topological polar surface area (TPSA) is 62.0 Å². The lowest BCUT2D eigenvalue weighted by Gasteiger charge is -2.15. The maximum absolute atomic E-state index is 13.7. The summed E-state index contributed by atoms with van der Waals surface area (Å²) in [6.45, 7) is 0.865. The van der Waals surface area contributed by atoms with Gasteiger partial charge in [-0.15, -0.1) is 0 Å². The summed E-state index contributed by atoms with van der Waals surface area (Å²) in [6, 6.07) is 14.3. The molecule has 3 N–H and O–H groups in total. The number of nitrogens with one attached hydrogen (secondary N) is 3. The lowest BCUT2D eigenvalue weighted by atomic mass is 10.0. The van der Waals surface area contributed by atoms with Crippen molar-refractivity contribution in [1.82, 2.24) is 20.8 Å². The van der Waals surface area contributed by atoms with Gasteiger partial charge in [-0.3, -0.25) is 5.10 Å². The maximum atomic E-state index is 13.7. The van der Waals surface area contributed by atoms with Crippen LogP contribution >= 0.6 is 0 Å². The van der Waals surface area contributed by atoms with Gasteiger partial charge in [-0.25, -0.2) is 4.39 Å². The van der Waals surface area contributed by atoms with Gasteiger partial charge in [-0.2, -0.15) is 5.10 Å². The molecule has 1 atom stereocenters. The van der Waals surface area contributed by atoms with Crippen molar-refractivity contribution in [3.8, 4) is 22.6 Å². The molecule has 0 aliphatic carbocycles. The van der Waals surface area contributed by atoms with Crippen molar-refractivity contribution in [1.29, 1.82) is 0 Å². The highest BCUT2D eigenvalue weighted by molar-refractivity contribution is 5.66. The number of nitrogens with zero attached hydrogens (tertiary/aromatic N) is 1. The Bertz CT molecular complexity index is 832. The quantitative estimate of drug-likeness (QED) is 0.580. The van der Waals surface area contributed by atoms with Crippen molar-refractivity contribution >= 4 is 0 Å². The molecule has 0 aliphatic heterocycles. The average Bonchev–Trinajstić information content (AvgIpc) is 3.12. The number of halogens is 1. The van der Waals surface area contributed by atoms with Crippen LogP contribution in [-0.4, -0.2) is 36.9 Å². The van der Waals surface area contributed by atoms with E-state index in [1.54, 1.807) is 18.2 Å². The first-order valence-corrected chi connectivity index (χ1v) is 8.58. The molecule has 0 amide bonds. The molecular weight excluding hydrogens is 331 g/mol. The third kappa shape index (κ3) is 4.28. The van der Waals surface area contributed by atoms with Crippen LogP contribution in [0.25, 0.3) is 11.1 Å². The normalized spacial score (nSPS) is 12.1. The Balaban J connectivity index is 1.75. The van der Waals surface area contributed by atoms with E-state index in [-0.39, 0.29) is 11.6 Å². The van der Waals surface area contributed by atoms with Gasteiger partial charge in [0.05, 0.1) is 6.20 Å². The highest BCUT2D eigenvalue weighted by Gasteiger charge is 2.13. The number of likely N-dealkylation sites (N-methyl/N-ethyl adjacent to an activating group) is 2. The number of para-hydroxylation sites is 1. The van der Waals surface area contributed by atoms with E-state index in [4.69, 9.17) is 4.74 Å². The van der Waals surface area contributed by atoms with Gasteiger partial charge in [0.15, 0.2) is 11.6 Å². The number of H-pyrrole nitrogens is 1. The fourth-order valence-electron chi connectivity index (χ4n) is 2.84. The molecule has 5 nitrogen and oxygen atoms in total. The third-order valence-electron chi connectivity index (χ3n) is 4.26. The summed E-state index contributed by atoms with van der Waals surface area (Å²) in [5.74, 6) is 0.427. The second-order valence-corrected chi connectivity index (χ2v) is 6.07. The van der Waals surface area contributed by atoms with E-state index in [0.717, 1.165) is 29.8 Å². The fourth-order valence-corrected chi connectivity index (χ4v) is 2.84. The first kappa shape index (κ1) is 18.1. The van der Waals surface area contributed by atoms with Gasteiger partial charge in [0.2, 0.25) is 0 Å². The lowest BCUT2D eigenvalue weighted by molar-refractivity contribution is 0.442. The Morgan fingerprint density at radius 1 is 1.12 bits per heavy atom. The van der Waals surface area contributed by atoms with E-state index < -0.39 is 0 Å². The first-order chi connectivity index (χ1) is 12.7. The Morgan fingerprint density at radius 2 is 1.88 bits per heavy atom. The van der Waals surface area contributed by atoms with Crippen LogP contribution in [0.1, 0.15) is 5.69 Å². The minimum Gasteiger partial charge on any atom is -0.454 e. The van der Waals surface area contributed by atoms with Crippen LogP contribution in [-0.2, 0) is 6.42 Å². The SMILES string of the molecule is CNCC(Cc1[nH]ncc1-c1ccc(Oc2ccccc2F)cc1)NC. The predicted molar refractivity (Wildman–Crippen MR) is 101 cm³/mol. The highest BCUT2D eigenvalue weighted by atomic mass is 19.1. The molecule has 0 radical (unpaired) electrons. The number of aromatic nitrogens is 2. The van der Waals surface area contributed by atoms with Crippen molar-refractivity contribution in [2.24, 2.45) is 0 Å². The summed E-state index contributed by atoms with van der Waals surface area (Å²) in [6.07, 6.45) is 2.66. The molecule has 0 saturated carbocycles. The van der Waals surface area contributed by atoms with Gasteiger partial charge in [0, 0.05) is 30.3 Å². The average molecular weight is 354 g/mol. The zero-order valence-corrected chi connectivity index (χ0v) is 14.9. The Hall–Kier alpha value is -2.70. The minimum absolute atomic E-state index is 0.216. The Kier molecular flexibility index (Phi) is 5.99. The zero-order chi connectivity index (χ0) is 18.4. The van der Waals surface area contributed by atoms with Crippen LogP contribution in [0, 0.1) is 5.82 Å². The van der Waals surface area contributed by atoms with Crippen LogP contribution < -0.4 is 15.4 Å². The molecule has 1 aromatic heterocycles. The van der Waals surface area contributed by atoms with Gasteiger partial charge >= 0.3 is 0 Å². The number of benzene rings is 2. The van der Waals surface area contributed by atoms with Crippen molar-refractivity contribution < 1.29 is 9.13 Å². The fraction of sp³-hybridized carbons (Fsp3) is 0.250. The molecule has 1 unspecified atom stereocenters. The van der Waals surface area contributed by atoms with Crippen LogP contribution in [0.3, 0.4) is 0 Å². The molecule has 1 heterocycles. The summed E-state index contributed by atoms with van der Waals surface area (Å²) in [4.78, 5) is 0. The second-order valence-electron chi connectivity index (χ2n) is 6.07. The van der Waals surface area contributed by atoms with E-state index in [1.807, 2.05) is 44.6 Å². The molecular formula is C20H23FN4O. The van der Waals surface area contributed by atoms with Crippen molar-refractivity contribution in [3.05, 3.63) is 66.2 Å². The van der Waals surface area contributed by atoms with Gasteiger partial charge in [0.1, 0.15) is 5.75 Å². The standard InChI is InChI=1S/C20H23FN4O/c1-22-12-15(23-2)11-19-17(13-24-25-19)14-7-9-16(10-8-14)26-20-6-4-3-5-18(20)21/h3-10,13,15,22-23H,11-12H2,1-2H3,(H,24,25). The van der Waals surface area contributed by atoms with Gasteiger partial charge in [-0.1, -0.05) is 24.3 Å². The van der Waals surface area contributed by atoms with E-state index in [9.17, 15) is 4.39 Å². The zero-order valence-electron chi connectivity index (χ0n) is 14.9. The largest absolute Gasteiger partial charge is 0.454 e. The minimum atomic E-state index is -0.378. The predicted octanol–water partition coefficient (Wildman–Crippen LogP) is 3.36. The maximum Gasteiger partial charge on any atom is 0.165 e. The summed E-state index contributed by atoms with van der Waals surface area (Å²) in [5.41, 5.74) is 3.16. The van der Waals surface area contributed by atoms with Gasteiger partial charge in [0.25, 0.3) is 0 Å². The van der Waals surface area contributed by atoms with E-state index in [2.05, 4.69) is 20.8 Å². The van der Waals surface area contributed by atoms with Gasteiger partial charge < -0.3 is 15.4 Å². The molecule has 136 valence electrons. The van der Waals surface area contributed by atoms with Crippen LogP contribution in [0.15, 0.2) is 54.7 Å². The number of ether oxygens (including phenoxy) is 1. The number of hydrogen-bond acceptors (Lipinski definition) is 4. The Morgan fingerprint density at radius 3 is 2.58 bits per heavy atom. The molecule has 0 fully saturated rings. The summed E-state index contributed by atoms with van der Waals surface area (Å²) >= 11 is 0. The molecule has 0 bridgehead atoms. The highest BCUT2D eigenvalue weighted by Crippen LogP contribution is 2.28. The molecule has 0 aliphatic rings. The molecule has 3 aromatic rings. The van der Waals surface area contributed by atoms with E-state index >= 15 is 0 Å². The van der Waals surface area contributed by atoms with Crippen LogP contribution in [0.2, 0.25) is 0 Å². The number of hydrogen-bond donors (Lipinski definition) is 3. The van der Waals surface area contributed by atoms with Crippen molar-refractivity contribution in [3.63, 3.8) is 0 Å². The number of aromatic amines is 1. The molecule has 26 heavy (non-hydrogen) atoms. The molecule has 0 spiro atoms. The van der Waals surface area contributed by atoms with Crippen molar-refractivity contribution in [2.45, 2.75) is 12.5 Å². The monoisotopic (exact) mass is 354 g/mol. The van der Waals surface area contributed by atoms with Gasteiger partial charge in [-0.05, 0) is 43.9 Å².